The van der Waals surface area contributed by atoms with Crippen LogP contribution in [-0.4, -0.2) is 43.1 Å². The Morgan fingerprint density at radius 1 is 1.38 bits per heavy atom. The minimum Gasteiger partial charge on any atom is -0.370 e. The molecule has 0 radical (unpaired) electrons. The molecule has 7 nitrogen and oxygen atoms in total. The molecule has 1 heterocycles. The number of hydrogen-bond donors (Lipinski definition) is 3. The minimum absolute atomic E-state index is 0.165. The fourth-order valence-corrected chi connectivity index (χ4v) is 1.69. The summed E-state index contributed by atoms with van der Waals surface area (Å²) in [5.41, 5.74) is 5.32. The Balaban J connectivity index is 2.49. The average molecular weight is 315 g/mol. The maximum atomic E-state index is 11.9. The first kappa shape index (κ1) is 17.2. The van der Waals surface area contributed by atoms with Crippen molar-refractivity contribution in [3.05, 3.63) is 22.8 Å². The lowest BCUT2D eigenvalue weighted by Gasteiger charge is -2.08. The highest BCUT2D eigenvalue weighted by Gasteiger charge is 2.09. The number of ether oxygens (including phenoxy) is 1. The van der Waals surface area contributed by atoms with Gasteiger partial charge in [0.1, 0.15) is 17.6 Å². The molecule has 0 fully saturated rings. The number of primary amides is 1. The number of nitrogens with one attached hydrogen (secondary N) is 2. The molecule has 8 heteroatoms. The zero-order valence-corrected chi connectivity index (χ0v) is 12.6. The first-order valence-electron chi connectivity index (χ1n) is 6.58. The SMILES string of the molecule is CCCNc1cc(C(=O)NCCOCC(N)=O)cc(Cl)n1. The second kappa shape index (κ2) is 9.15. The molecule has 0 aliphatic rings. The van der Waals surface area contributed by atoms with Gasteiger partial charge in [0.05, 0.1) is 6.61 Å². The molecular weight excluding hydrogens is 296 g/mol. The number of carbonyl (C=O) groups excluding carboxylic acids is 2. The molecular formula is C13H19ClN4O3. The van der Waals surface area contributed by atoms with Gasteiger partial charge in [0.2, 0.25) is 5.91 Å². The highest BCUT2D eigenvalue weighted by molar-refractivity contribution is 6.29. The largest absolute Gasteiger partial charge is 0.370 e. The van der Waals surface area contributed by atoms with E-state index in [0.717, 1.165) is 13.0 Å². The van der Waals surface area contributed by atoms with Crippen LogP contribution in [-0.2, 0) is 9.53 Å². The van der Waals surface area contributed by atoms with Crippen molar-refractivity contribution in [2.24, 2.45) is 5.73 Å². The lowest BCUT2D eigenvalue weighted by atomic mass is 10.2. The minimum atomic E-state index is -0.547. The summed E-state index contributed by atoms with van der Waals surface area (Å²) in [6, 6.07) is 3.11. The number of amides is 2. The number of pyridine rings is 1. The van der Waals surface area contributed by atoms with Crippen molar-refractivity contribution < 1.29 is 14.3 Å². The molecule has 0 atom stereocenters. The number of rotatable bonds is 9. The van der Waals surface area contributed by atoms with Crippen LogP contribution in [0.5, 0.6) is 0 Å². The molecule has 0 aromatic carbocycles. The topological polar surface area (TPSA) is 106 Å². The van der Waals surface area contributed by atoms with E-state index in [4.69, 9.17) is 22.1 Å². The van der Waals surface area contributed by atoms with E-state index in [1.807, 2.05) is 6.92 Å². The van der Waals surface area contributed by atoms with Gasteiger partial charge in [0.25, 0.3) is 5.91 Å². The summed E-state index contributed by atoms with van der Waals surface area (Å²) in [7, 11) is 0. The van der Waals surface area contributed by atoms with Crippen molar-refractivity contribution >= 4 is 29.2 Å². The fraction of sp³-hybridized carbons (Fsp3) is 0.462. The number of anilines is 1. The second-order valence-corrected chi connectivity index (χ2v) is 4.65. The van der Waals surface area contributed by atoms with E-state index in [-0.39, 0.29) is 30.8 Å². The second-order valence-electron chi connectivity index (χ2n) is 4.27. The third-order valence-corrected chi connectivity index (χ3v) is 2.58. The summed E-state index contributed by atoms with van der Waals surface area (Å²) in [5, 5.41) is 5.96. The molecule has 0 aliphatic heterocycles. The van der Waals surface area contributed by atoms with Gasteiger partial charge in [-0.1, -0.05) is 18.5 Å². The highest BCUT2D eigenvalue weighted by Crippen LogP contribution is 2.14. The summed E-state index contributed by atoms with van der Waals surface area (Å²) in [6.07, 6.45) is 0.937. The van der Waals surface area contributed by atoms with Crippen molar-refractivity contribution in [3.63, 3.8) is 0 Å². The van der Waals surface area contributed by atoms with E-state index >= 15 is 0 Å². The van der Waals surface area contributed by atoms with Gasteiger partial charge >= 0.3 is 0 Å². The molecule has 0 spiro atoms. The van der Waals surface area contributed by atoms with Gasteiger partial charge in [-0.25, -0.2) is 4.98 Å². The average Bonchev–Trinajstić information content (AvgIpc) is 2.43. The molecule has 116 valence electrons. The zero-order chi connectivity index (χ0) is 15.7. The molecule has 0 bridgehead atoms. The van der Waals surface area contributed by atoms with Crippen LogP contribution < -0.4 is 16.4 Å². The van der Waals surface area contributed by atoms with E-state index in [9.17, 15) is 9.59 Å². The van der Waals surface area contributed by atoms with Gasteiger partial charge in [-0.2, -0.15) is 0 Å². The summed E-state index contributed by atoms with van der Waals surface area (Å²) < 4.78 is 4.94. The summed E-state index contributed by atoms with van der Waals surface area (Å²) >= 11 is 5.88. The number of hydrogen-bond acceptors (Lipinski definition) is 5. The summed E-state index contributed by atoms with van der Waals surface area (Å²) in [6.45, 7) is 3.08. The Hall–Kier alpha value is -1.86. The van der Waals surface area contributed by atoms with E-state index in [1.165, 1.54) is 6.07 Å². The van der Waals surface area contributed by atoms with Crippen LogP contribution in [0.3, 0.4) is 0 Å². The number of nitrogens with two attached hydrogens (primary N) is 1. The van der Waals surface area contributed by atoms with Crippen molar-refractivity contribution in [2.75, 3.05) is 31.6 Å². The van der Waals surface area contributed by atoms with Gasteiger partial charge in [-0.3, -0.25) is 9.59 Å². The van der Waals surface area contributed by atoms with Gasteiger partial charge < -0.3 is 21.1 Å². The van der Waals surface area contributed by atoms with Crippen molar-refractivity contribution in [3.8, 4) is 0 Å². The lowest BCUT2D eigenvalue weighted by molar-refractivity contribution is -0.122. The van der Waals surface area contributed by atoms with E-state index in [2.05, 4.69) is 15.6 Å². The van der Waals surface area contributed by atoms with Crippen LogP contribution in [0.4, 0.5) is 5.82 Å². The predicted molar refractivity (Wildman–Crippen MR) is 80.4 cm³/mol. The maximum absolute atomic E-state index is 11.9. The standard InChI is InChI=1S/C13H19ClN4O3/c1-2-3-16-12-7-9(6-10(14)18-12)13(20)17-4-5-21-8-11(15)19/h6-7H,2-5,8H2,1H3,(H2,15,19)(H,16,18)(H,17,20). The molecule has 1 aromatic heterocycles. The van der Waals surface area contributed by atoms with Crippen LogP contribution in [0.25, 0.3) is 0 Å². The van der Waals surface area contributed by atoms with Crippen LogP contribution in [0.2, 0.25) is 5.15 Å². The Morgan fingerprint density at radius 2 is 2.14 bits per heavy atom. The third kappa shape index (κ3) is 6.92. The van der Waals surface area contributed by atoms with Crippen LogP contribution in [0.15, 0.2) is 12.1 Å². The highest BCUT2D eigenvalue weighted by atomic mass is 35.5. The van der Waals surface area contributed by atoms with Gasteiger partial charge in [-0.15, -0.1) is 0 Å². The smallest absolute Gasteiger partial charge is 0.251 e. The Bertz CT molecular complexity index is 496. The fourth-order valence-electron chi connectivity index (χ4n) is 1.48. The monoisotopic (exact) mass is 314 g/mol. The quantitative estimate of drug-likeness (QED) is 0.461. The third-order valence-electron chi connectivity index (χ3n) is 2.39. The van der Waals surface area contributed by atoms with Crippen LogP contribution in [0.1, 0.15) is 23.7 Å². The van der Waals surface area contributed by atoms with Gasteiger partial charge in [0.15, 0.2) is 0 Å². The predicted octanol–water partition coefficient (Wildman–Crippen LogP) is 0.789. The molecule has 1 aromatic rings. The van der Waals surface area contributed by atoms with Crippen LogP contribution >= 0.6 is 11.6 Å². The van der Waals surface area contributed by atoms with Crippen molar-refractivity contribution in [1.29, 1.82) is 0 Å². The first-order valence-corrected chi connectivity index (χ1v) is 6.96. The molecule has 0 aliphatic carbocycles. The molecule has 4 N–H and O–H groups in total. The summed E-state index contributed by atoms with van der Waals surface area (Å²) in [4.78, 5) is 26.5. The van der Waals surface area contributed by atoms with Crippen molar-refractivity contribution in [2.45, 2.75) is 13.3 Å². The number of aromatic nitrogens is 1. The van der Waals surface area contributed by atoms with E-state index in [1.54, 1.807) is 6.07 Å². The summed E-state index contributed by atoms with van der Waals surface area (Å²) in [5.74, 6) is -0.283. The molecule has 0 saturated carbocycles. The van der Waals surface area contributed by atoms with Gasteiger partial charge in [0, 0.05) is 18.7 Å². The maximum Gasteiger partial charge on any atom is 0.251 e. The molecule has 0 saturated heterocycles. The molecule has 1 rings (SSSR count). The lowest BCUT2D eigenvalue weighted by Crippen LogP contribution is -2.29. The molecule has 0 unspecified atom stereocenters. The zero-order valence-electron chi connectivity index (χ0n) is 11.8. The van der Waals surface area contributed by atoms with Crippen LogP contribution in [0, 0.1) is 0 Å². The van der Waals surface area contributed by atoms with Gasteiger partial charge in [-0.05, 0) is 18.6 Å². The number of halogens is 1. The molecule has 21 heavy (non-hydrogen) atoms. The Kier molecular flexibility index (Phi) is 7.49. The normalized spacial score (nSPS) is 10.2. The number of carbonyl (C=O) groups is 2. The molecule has 2 amide bonds. The Morgan fingerprint density at radius 3 is 2.81 bits per heavy atom. The Labute approximate surface area is 128 Å². The number of nitrogens with zero attached hydrogens (tertiary/aromatic N) is 1. The first-order chi connectivity index (χ1) is 10.0. The van der Waals surface area contributed by atoms with E-state index in [0.29, 0.717) is 11.4 Å². The van der Waals surface area contributed by atoms with E-state index < -0.39 is 5.91 Å². The van der Waals surface area contributed by atoms with Crippen molar-refractivity contribution in [1.82, 2.24) is 10.3 Å².